The van der Waals surface area contributed by atoms with Crippen LogP contribution in [0.25, 0.3) is 17.1 Å². The molecule has 0 N–H and O–H groups in total. The van der Waals surface area contributed by atoms with Gasteiger partial charge < -0.3 is 4.42 Å². The summed E-state index contributed by atoms with van der Waals surface area (Å²) >= 11 is 0. The van der Waals surface area contributed by atoms with Crippen LogP contribution in [0.15, 0.2) is 59.0 Å². The molecule has 4 aromatic rings. The Hall–Kier alpha value is -3.85. The number of aromatic nitrogens is 4. The quantitative estimate of drug-likeness (QED) is 0.329. The highest BCUT2D eigenvalue weighted by Crippen LogP contribution is 2.23. The van der Waals surface area contributed by atoms with Crippen molar-refractivity contribution >= 4 is 5.69 Å². The van der Waals surface area contributed by atoms with E-state index in [2.05, 4.69) is 22.0 Å². The van der Waals surface area contributed by atoms with Gasteiger partial charge in [0.15, 0.2) is 0 Å². The first-order chi connectivity index (χ1) is 14.9. The number of para-hydroxylation sites is 1. The fourth-order valence-corrected chi connectivity index (χ4v) is 3.44. The number of hydrogen-bond acceptors (Lipinski definition) is 7. The minimum Gasteiger partial charge on any atom is -0.419 e. The molecule has 0 radical (unpaired) electrons. The zero-order valence-electron chi connectivity index (χ0n) is 17.5. The molecule has 0 spiro atoms. The smallest absolute Gasteiger partial charge is 0.269 e. The van der Waals surface area contributed by atoms with E-state index in [0.29, 0.717) is 30.4 Å². The Morgan fingerprint density at radius 2 is 1.74 bits per heavy atom. The van der Waals surface area contributed by atoms with Crippen molar-refractivity contribution in [3.05, 3.63) is 87.6 Å². The van der Waals surface area contributed by atoms with Crippen molar-refractivity contribution in [3.63, 3.8) is 0 Å². The molecular formula is C22H22N6O3. The van der Waals surface area contributed by atoms with Crippen LogP contribution in [0.3, 0.4) is 0 Å². The molecule has 0 unspecified atom stereocenters. The van der Waals surface area contributed by atoms with Crippen LogP contribution in [-0.2, 0) is 13.1 Å². The highest BCUT2D eigenvalue weighted by molar-refractivity contribution is 5.55. The number of nitro groups is 1. The van der Waals surface area contributed by atoms with E-state index in [0.717, 1.165) is 22.6 Å². The molecule has 2 aromatic heterocycles. The first-order valence-electron chi connectivity index (χ1n) is 9.78. The lowest BCUT2D eigenvalue weighted by Gasteiger charge is -2.14. The summed E-state index contributed by atoms with van der Waals surface area (Å²) < 4.78 is 7.72. The number of nitrogens with zero attached hydrogens (tertiary/aromatic N) is 6. The predicted octanol–water partition coefficient (Wildman–Crippen LogP) is 4.08. The third-order valence-corrected chi connectivity index (χ3v) is 5.07. The van der Waals surface area contributed by atoms with Gasteiger partial charge in [0.2, 0.25) is 11.8 Å². The SMILES string of the molecule is Cc1nn(-c2ccccc2)c(C)c1CN(C)Cc1nnc(-c2ccc([N+](=O)[O-])cc2)o1. The zero-order valence-corrected chi connectivity index (χ0v) is 17.5. The van der Waals surface area contributed by atoms with Gasteiger partial charge in [-0.2, -0.15) is 5.10 Å². The highest BCUT2D eigenvalue weighted by atomic mass is 16.6. The van der Waals surface area contributed by atoms with Gasteiger partial charge in [0.1, 0.15) is 0 Å². The molecule has 31 heavy (non-hydrogen) atoms. The van der Waals surface area contributed by atoms with E-state index in [9.17, 15) is 10.1 Å². The standard InChI is InChI=1S/C22H22N6O3/c1-15-20(16(2)27(25-15)18-7-5-4-6-8-18)13-26(3)14-21-23-24-22(31-21)17-9-11-19(12-10-17)28(29)30/h4-12H,13-14H2,1-3H3. The van der Waals surface area contributed by atoms with Crippen LogP contribution >= 0.6 is 0 Å². The molecule has 9 heteroatoms. The molecule has 0 fully saturated rings. The molecule has 0 amide bonds. The molecule has 0 saturated heterocycles. The molecule has 158 valence electrons. The predicted molar refractivity (Wildman–Crippen MR) is 115 cm³/mol. The van der Waals surface area contributed by atoms with E-state index >= 15 is 0 Å². The van der Waals surface area contributed by atoms with Crippen molar-refractivity contribution < 1.29 is 9.34 Å². The summed E-state index contributed by atoms with van der Waals surface area (Å²) in [7, 11) is 1.98. The summed E-state index contributed by atoms with van der Waals surface area (Å²) in [5.41, 5.74) is 4.91. The molecule has 0 bridgehead atoms. The topological polar surface area (TPSA) is 103 Å². The molecule has 9 nitrogen and oxygen atoms in total. The van der Waals surface area contributed by atoms with E-state index in [-0.39, 0.29) is 5.69 Å². The lowest BCUT2D eigenvalue weighted by molar-refractivity contribution is -0.384. The molecule has 2 heterocycles. The average Bonchev–Trinajstić information content (AvgIpc) is 3.34. The Balaban J connectivity index is 1.46. The van der Waals surface area contributed by atoms with Crippen LogP contribution in [0.2, 0.25) is 0 Å². The number of nitro benzene ring substituents is 1. The summed E-state index contributed by atoms with van der Waals surface area (Å²) in [6.45, 7) is 5.22. The molecule has 4 rings (SSSR count). The Bertz CT molecular complexity index is 1200. The van der Waals surface area contributed by atoms with E-state index in [1.54, 1.807) is 12.1 Å². The van der Waals surface area contributed by atoms with Gasteiger partial charge in [-0.15, -0.1) is 10.2 Å². The maximum atomic E-state index is 10.8. The Kier molecular flexibility index (Phi) is 5.59. The minimum atomic E-state index is -0.443. The maximum Gasteiger partial charge on any atom is 0.269 e. The molecule has 0 aliphatic carbocycles. The van der Waals surface area contributed by atoms with Crippen molar-refractivity contribution in [3.8, 4) is 17.1 Å². The largest absolute Gasteiger partial charge is 0.419 e. The lowest BCUT2D eigenvalue weighted by atomic mass is 10.2. The molecule has 2 aromatic carbocycles. The average molecular weight is 418 g/mol. The second-order valence-corrected chi connectivity index (χ2v) is 7.37. The molecule has 0 aliphatic heterocycles. The van der Waals surface area contributed by atoms with Crippen LogP contribution < -0.4 is 0 Å². The Morgan fingerprint density at radius 1 is 1.03 bits per heavy atom. The zero-order chi connectivity index (χ0) is 22.0. The van der Waals surface area contributed by atoms with Crippen LogP contribution in [-0.4, -0.2) is 36.8 Å². The van der Waals surface area contributed by atoms with Crippen molar-refractivity contribution in [1.82, 2.24) is 24.9 Å². The normalized spacial score (nSPS) is 11.2. The summed E-state index contributed by atoms with van der Waals surface area (Å²) in [5.74, 6) is 0.809. The van der Waals surface area contributed by atoms with Crippen molar-refractivity contribution in [2.45, 2.75) is 26.9 Å². The van der Waals surface area contributed by atoms with Crippen molar-refractivity contribution in [1.29, 1.82) is 0 Å². The first-order valence-corrected chi connectivity index (χ1v) is 9.78. The molecular weight excluding hydrogens is 396 g/mol. The second kappa shape index (κ2) is 8.49. The van der Waals surface area contributed by atoms with Gasteiger partial charge in [-0.25, -0.2) is 4.68 Å². The van der Waals surface area contributed by atoms with Gasteiger partial charge in [0.25, 0.3) is 5.69 Å². The molecule has 0 atom stereocenters. The monoisotopic (exact) mass is 418 g/mol. The number of rotatable bonds is 7. The van der Waals surface area contributed by atoms with Crippen LogP contribution in [0.1, 0.15) is 22.8 Å². The van der Waals surface area contributed by atoms with Gasteiger partial charge in [-0.05, 0) is 45.2 Å². The number of benzene rings is 2. The third kappa shape index (κ3) is 4.36. The van der Waals surface area contributed by atoms with Crippen molar-refractivity contribution in [2.75, 3.05) is 7.05 Å². The fourth-order valence-electron chi connectivity index (χ4n) is 3.44. The number of non-ortho nitro benzene ring substituents is 1. The number of aryl methyl sites for hydroxylation is 1. The van der Waals surface area contributed by atoms with E-state index < -0.39 is 4.92 Å². The van der Waals surface area contributed by atoms with E-state index in [4.69, 9.17) is 9.52 Å². The summed E-state index contributed by atoms with van der Waals surface area (Å²) in [4.78, 5) is 12.4. The summed E-state index contributed by atoms with van der Waals surface area (Å²) in [5, 5.41) is 23.7. The van der Waals surface area contributed by atoms with Gasteiger partial charge in [-0.3, -0.25) is 15.0 Å². The summed E-state index contributed by atoms with van der Waals surface area (Å²) in [6.07, 6.45) is 0. The van der Waals surface area contributed by atoms with Gasteiger partial charge in [-0.1, -0.05) is 18.2 Å². The maximum absolute atomic E-state index is 10.8. The van der Waals surface area contributed by atoms with Gasteiger partial charge in [0.05, 0.1) is 22.8 Å². The molecule has 0 aliphatic rings. The number of hydrogen-bond donors (Lipinski definition) is 0. The Labute approximate surface area is 179 Å². The summed E-state index contributed by atoms with van der Waals surface area (Å²) in [6, 6.07) is 16.1. The van der Waals surface area contributed by atoms with Crippen LogP contribution in [0.4, 0.5) is 5.69 Å². The van der Waals surface area contributed by atoms with E-state index in [1.165, 1.54) is 12.1 Å². The highest BCUT2D eigenvalue weighted by Gasteiger charge is 2.17. The first kappa shape index (κ1) is 20.4. The lowest BCUT2D eigenvalue weighted by Crippen LogP contribution is -2.18. The second-order valence-electron chi connectivity index (χ2n) is 7.37. The third-order valence-electron chi connectivity index (χ3n) is 5.07. The van der Waals surface area contributed by atoms with E-state index in [1.807, 2.05) is 49.0 Å². The molecule has 0 saturated carbocycles. The van der Waals surface area contributed by atoms with Crippen LogP contribution in [0.5, 0.6) is 0 Å². The minimum absolute atomic E-state index is 0.0185. The van der Waals surface area contributed by atoms with Gasteiger partial charge in [0, 0.05) is 35.5 Å². The van der Waals surface area contributed by atoms with Crippen molar-refractivity contribution in [2.24, 2.45) is 0 Å². The van der Waals surface area contributed by atoms with Crippen LogP contribution in [0, 0.1) is 24.0 Å². The Morgan fingerprint density at radius 3 is 2.42 bits per heavy atom. The fraction of sp³-hybridized carbons (Fsp3) is 0.227. The van der Waals surface area contributed by atoms with Gasteiger partial charge >= 0.3 is 0 Å².